The standard InChI is InChI=1S/C7H11N3O3/c1-13-7(12)6(9-10-8)4-2-3-5-11/h5-6H,2-4H2,1H3/t6-/m0/s1. The van der Waals surface area contributed by atoms with Crippen molar-refractivity contribution in [2.24, 2.45) is 5.11 Å². The Bertz CT molecular complexity index is 223. The predicted molar refractivity (Wildman–Crippen MR) is 44.9 cm³/mol. The third-order valence-electron chi connectivity index (χ3n) is 1.46. The Morgan fingerprint density at radius 3 is 2.92 bits per heavy atom. The molecular weight excluding hydrogens is 174 g/mol. The molecule has 0 aromatic carbocycles. The fourth-order valence-electron chi connectivity index (χ4n) is 0.816. The van der Waals surface area contributed by atoms with Crippen LogP contribution in [-0.2, 0) is 14.3 Å². The van der Waals surface area contributed by atoms with Gasteiger partial charge in [-0.1, -0.05) is 5.11 Å². The van der Waals surface area contributed by atoms with Crippen molar-refractivity contribution >= 4 is 12.3 Å². The summed E-state index contributed by atoms with van der Waals surface area (Å²) in [7, 11) is 1.22. The molecule has 0 aliphatic heterocycles. The van der Waals surface area contributed by atoms with E-state index in [0.717, 1.165) is 6.29 Å². The highest BCUT2D eigenvalue weighted by atomic mass is 16.5. The first kappa shape index (κ1) is 11.4. The lowest BCUT2D eigenvalue weighted by Crippen LogP contribution is -2.19. The summed E-state index contributed by atoms with van der Waals surface area (Å²) in [5.41, 5.74) is 8.12. The molecule has 0 saturated heterocycles. The van der Waals surface area contributed by atoms with Gasteiger partial charge in [0.25, 0.3) is 0 Å². The third-order valence-corrected chi connectivity index (χ3v) is 1.46. The number of hydrogen-bond acceptors (Lipinski definition) is 4. The monoisotopic (exact) mass is 185 g/mol. The highest BCUT2D eigenvalue weighted by Crippen LogP contribution is 2.05. The average Bonchev–Trinajstić information content (AvgIpc) is 2.16. The number of aldehydes is 1. The molecule has 0 aliphatic rings. The van der Waals surface area contributed by atoms with Crippen LogP contribution in [0.4, 0.5) is 0 Å². The molecule has 0 fully saturated rings. The summed E-state index contributed by atoms with van der Waals surface area (Å²) in [5, 5.41) is 3.26. The number of rotatable bonds is 6. The number of carbonyl (C=O) groups is 2. The lowest BCUT2D eigenvalue weighted by molar-refractivity contribution is -0.142. The summed E-state index contributed by atoms with van der Waals surface area (Å²) in [6.45, 7) is 0. The molecule has 0 bridgehead atoms. The fraction of sp³-hybridized carbons (Fsp3) is 0.714. The lowest BCUT2D eigenvalue weighted by atomic mass is 10.1. The van der Waals surface area contributed by atoms with E-state index < -0.39 is 12.0 Å². The first-order chi connectivity index (χ1) is 6.26. The van der Waals surface area contributed by atoms with Gasteiger partial charge in [0, 0.05) is 11.3 Å². The number of ether oxygens (including phenoxy) is 1. The summed E-state index contributed by atoms with van der Waals surface area (Å²) in [4.78, 5) is 23.4. The molecule has 1 atom stereocenters. The molecule has 0 aliphatic carbocycles. The minimum atomic E-state index is -0.810. The van der Waals surface area contributed by atoms with Gasteiger partial charge in [-0.2, -0.15) is 0 Å². The zero-order valence-corrected chi connectivity index (χ0v) is 7.34. The van der Waals surface area contributed by atoms with Gasteiger partial charge in [-0.25, -0.2) is 0 Å². The Balaban J connectivity index is 4.01. The number of hydrogen-bond donors (Lipinski definition) is 0. The number of esters is 1. The van der Waals surface area contributed by atoms with Gasteiger partial charge in [-0.3, -0.25) is 4.79 Å². The first-order valence-corrected chi connectivity index (χ1v) is 3.82. The smallest absolute Gasteiger partial charge is 0.314 e. The van der Waals surface area contributed by atoms with Crippen LogP contribution < -0.4 is 0 Å². The minimum absolute atomic E-state index is 0.343. The van der Waals surface area contributed by atoms with Gasteiger partial charge < -0.3 is 9.53 Å². The van der Waals surface area contributed by atoms with Crippen LogP contribution in [0.2, 0.25) is 0 Å². The van der Waals surface area contributed by atoms with Gasteiger partial charge in [-0.15, -0.1) is 0 Å². The average molecular weight is 185 g/mol. The Morgan fingerprint density at radius 1 is 1.77 bits per heavy atom. The van der Waals surface area contributed by atoms with Gasteiger partial charge in [-0.05, 0) is 18.4 Å². The van der Waals surface area contributed by atoms with Crippen LogP contribution in [-0.4, -0.2) is 25.4 Å². The molecule has 0 rings (SSSR count). The molecule has 13 heavy (non-hydrogen) atoms. The van der Waals surface area contributed by atoms with E-state index in [2.05, 4.69) is 14.8 Å². The maximum atomic E-state index is 10.9. The zero-order valence-electron chi connectivity index (χ0n) is 7.34. The first-order valence-electron chi connectivity index (χ1n) is 3.82. The van der Waals surface area contributed by atoms with Crippen LogP contribution in [0.1, 0.15) is 19.3 Å². The third kappa shape index (κ3) is 4.81. The largest absolute Gasteiger partial charge is 0.469 e. The van der Waals surface area contributed by atoms with Crippen molar-refractivity contribution in [3.63, 3.8) is 0 Å². The van der Waals surface area contributed by atoms with Crippen LogP contribution in [0.15, 0.2) is 5.11 Å². The van der Waals surface area contributed by atoms with E-state index >= 15 is 0 Å². The van der Waals surface area contributed by atoms with Crippen LogP contribution in [0, 0.1) is 0 Å². The summed E-state index contributed by atoms with van der Waals surface area (Å²) in [5.74, 6) is -0.566. The summed E-state index contributed by atoms with van der Waals surface area (Å²) in [6, 6.07) is -0.810. The van der Waals surface area contributed by atoms with Crippen molar-refractivity contribution in [3.8, 4) is 0 Å². The molecule has 72 valence electrons. The molecule has 0 N–H and O–H groups in total. The normalized spacial score (nSPS) is 11.2. The highest BCUT2D eigenvalue weighted by molar-refractivity contribution is 5.75. The summed E-state index contributed by atoms with van der Waals surface area (Å²) < 4.78 is 4.40. The molecule has 0 saturated carbocycles. The van der Waals surface area contributed by atoms with Gasteiger partial charge in [0.2, 0.25) is 0 Å². The molecule has 6 nitrogen and oxygen atoms in total. The van der Waals surface area contributed by atoms with Crippen LogP contribution in [0.3, 0.4) is 0 Å². The minimum Gasteiger partial charge on any atom is -0.469 e. The maximum Gasteiger partial charge on any atom is 0.314 e. The van der Waals surface area contributed by atoms with Crippen LogP contribution in [0.25, 0.3) is 10.4 Å². The van der Waals surface area contributed by atoms with E-state index in [0.29, 0.717) is 19.3 Å². The van der Waals surface area contributed by atoms with E-state index in [-0.39, 0.29) is 0 Å². The van der Waals surface area contributed by atoms with E-state index in [9.17, 15) is 9.59 Å². The SMILES string of the molecule is COC(=O)[C@H](CCCC=O)N=[N+]=[N-]. The molecule has 0 radical (unpaired) electrons. The summed E-state index contributed by atoms with van der Waals surface area (Å²) >= 11 is 0. The number of nitrogens with zero attached hydrogens (tertiary/aromatic N) is 3. The fourth-order valence-corrected chi connectivity index (χ4v) is 0.816. The summed E-state index contributed by atoms with van der Waals surface area (Å²) in [6.07, 6.45) is 1.97. The molecule has 0 heterocycles. The van der Waals surface area contributed by atoms with Gasteiger partial charge in [0.05, 0.1) is 7.11 Å². The van der Waals surface area contributed by atoms with Crippen LogP contribution >= 0.6 is 0 Å². The molecular formula is C7H11N3O3. The Kier molecular flexibility index (Phi) is 6.27. The van der Waals surface area contributed by atoms with Crippen LogP contribution in [0.5, 0.6) is 0 Å². The predicted octanol–water partition coefficient (Wildman–Crippen LogP) is 1.21. The quantitative estimate of drug-likeness (QED) is 0.155. The zero-order chi connectivity index (χ0) is 10.1. The molecule has 0 unspecified atom stereocenters. The molecule has 0 spiro atoms. The van der Waals surface area contributed by atoms with Crippen molar-refractivity contribution in [2.75, 3.05) is 7.11 Å². The number of carbonyl (C=O) groups excluding carboxylic acids is 2. The number of unbranched alkanes of at least 4 members (excludes halogenated alkanes) is 1. The van der Waals surface area contributed by atoms with E-state index in [4.69, 9.17) is 5.53 Å². The van der Waals surface area contributed by atoms with Crippen molar-refractivity contribution in [1.82, 2.24) is 0 Å². The Hall–Kier alpha value is -1.55. The van der Waals surface area contributed by atoms with Gasteiger partial charge >= 0.3 is 5.97 Å². The second-order valence-electron chi connectivity index (χ2n) is 2.34. The second kappa shape index (κ2) is 7.12. The van der Waals surface area contributed by atoms with Crippen molar-refractivity contribution in [3.05, 3.63) is 10.4 Å². The van der Waals surface area contributed by atoms with Crippen molar-refractivity contribution in [2.45, 2.75) is 25.3 Å². The van der Waals surface area contributed by atoms with Gasteiger partial charge in [0.1, 0.15) is 12.3 Å². The molecule has 0 aromatic heterocycles. The van der Waals surface area contributed by atoms with E-state index in [1.165, 1.54) is 7.11 Å². The van der Waals surface area contributed by atoms with E-state index in [1.807, 2.05) is 0 Å². The number of azide groups is 1. The molecule has 0 amide bonds. The molecule has 6 heteroatoms. The van der Waals surface area contributed by atoms with Gasteiger partial charge in [0.15, 0.2) is 0 Å². The van der Waals surface area contributed by atoms with E-state index in [1.54, 1.807) is 0 Å². The Morgan fingerprint density at radius 2 is 2.46 bits per heavy atom. The van der Waals surface area contributed by atoms with Crippen molar-refractivity contribution in [1.29, 1.82) is 0 Å². The molecule has 0 aromatic rings. The topological polar surface area (TPSA) is 92.1 Å². The number of methoxy groups -OCH3 is 1. The second-order valence-corrected chi connectivity index (χ2v) is 2.34. The van der Waals surface area contributed by atoms with Crippen molar-refractivity contribution < 1.29 is 14.3 Å². The Labute approximate surface area is 75.5 Å². The lowest BCUT2D eigenvalue weighted by Gasteiger charge is -2.06. The highest BCUT2D eigenvalue weighted by Gasteiger charge is 2.16. The maximum absolute atomic E-state index is 10.9.